The molecule has 0 aromatic carbocycles. The van der Waals surface area contributed by atoms with Gasteiger partial charge in [-0.2, -0.15) is 0 Å². The largest absolute Gasteiger partial charge is 0.304 e. The van der Waals surface area contributed by atoms with Crippen molar-refractivity contribution < 1.29 is 0 Å². The van der Waals surface area contributed by atoms with E-state index >= 15 is 0 Å². The minimum atomic E-state index is 0.434. The molecule has 0 amide bonds. The first-order valence-electron chi connectivity index (χ1n) is 6.74. The second-order valence-corrected chi connectivity index (χ2v) is 3.89. The summed E-state index contributed by atoms with van der Waals surface area (Å²) in [7, 11) is 4.37. The van der Waals surface area contributed by atoms with E-state index in [-0.39, 0.29) is 0 Å². The molecule has 0 aromatic rings. The van der Waals surface area contributed by atoms with Crippen molar-refractivity contribution in [2.45, 2.75) is 79.7 Å². The van der Waals surface area contributed by atoms with Crippen LogP contribution in [0.4, 0.5) is 0 Å². The summed E-state index contributed by atoms with van der Waals surface area (Å²) in [6.07, 6.45) is 5.20. The van der Waals surface area contributed by atoms with Crippen molar-refractivity contribution in [1.29, 1.82) is 0 Å². The Labute approximate surface area is 99.3 Å². The molecule has 0 aliphatic carbocycles. The highest BCUT2D eigenvalue weighted by Gasteiger charge is 2.23. The fraction of sp³-hybridized carbons (Fsp3) is 1.00. The van der Waals surface area contributed by atoms with Crippen molar-refractivity contribution in [2.75, 3.05) is 14.1 Å². The van der Waals surface area contributed by atoms with Gasteiger partial charge in [-0.15, -0.1) is 0 Å². The maximum Gasteiger partial charge on any atom is 0.0175 e. The van der Waals surface area contributed by atoms with Crippen LogP contribution < -0.4 is 0 Å². The van der Waals surface area contributed by atoms with E-state index in [1.165, 1.54) is 25.7 Å². The summed E-state index contributed by atoms with van der Waals surface area (Å²) < 4.78 is 0. The maximum atomic E-state index is 2.36. The monoisotopic (exact) mass is 217 g/mol. The van der Waals surface area contributed by atoms with Gasteiger partial charge in [0.2, 0.25) is 0 Å². The van der Waals surface area contributed by atoms with Gasteiger partial charge in [0, 0.05) is 5.54 Å². The molecule has 0 saturated carbocycles. The maximum absolute atomic E-state index is 2.36. The number of rotatable bonds is 5. The fourth-order valence-corrected chi connectivity index (χ4v) is 1.65. The lowest BCUT2D eigenvalue weighted by Crippen LogP contribution is -2.40. The second-order valence-electron chi connectivity index (χ2n) is 3.89. The van der Waals surface area contributed by atoms with E-state index < -0.39 is 0 Å². The Balaban J connectivity index is -0.000000318. The molecule has 96 valence electrons. The second kappa shape index (κ2) is 14.0. The lowest BCUT2D eigenvalue weighted by molar-refractivity contribution is 0.145. The Hall–Kier alpha value is -0.0400. The highest BCUT2D eigenvalue weighted by atomic mass is 15.1. The zero-order chi connectivity index (χ0) is 12.9. The molecule has 0 atom stereocenters. The smallest absolute Gasteiger partial charge is 0.0175 e. The molecule has 0 rings (SSSR count). The van der Waals surface area contributed by atoms with E-state index in [2.05, 4.69) is 39.8 Å². The van der Waals surface area contributed by atoms with Crippen LogP contribution in [0.25, 0.3) is 0 Å². The molecule has 0 unspecified atom stereocenters. The summed E-state index contributed by atoms with van der Waals surface area (Å²) in [5, 5.41) is 0. The Morgan fingerprint density at radius 2 is 1.07 bits per heavy atom. The first kappa shape index (κ1) is 20.4. The van der Waals surface area contributed by atoms with E-state index in [1.807, 2.05) is 27.7 Å². The lowest BCUT2D eigenvalue weighted by Gasteiger charge is -2.36. The van der Waals surface area contributed by atoms with Gasteiger partial charge >= 0.3 is 0 Å². The van der Waals surface area contributed by atoms with Gasteiger partial charge in [0.1, 0.15) is 0 Å². The van der Waals surface area contributed by atoms with Crippen LogP contribution in [0.5, 0.6) is 0 Å². The Kier molecular flexibility index (Phi) is 19.0. The molecule has 0 fully saturated rings. The van der Waals surface area contributed by atoms with Crippen LogP contribution in [0, 0.1) is 0 Å². The van der Waals surface area contributed by atoms with Crippen LogP contribution >= 0.6 is 0 Å². The molecular formula is C14H35N. The van der Waals surface area contributed by atoms with Gasteiger partial charge in [0.15, 0.2) is 0 Å². The van der Waals surface area contributed by atoms with Gasteiger partial charge in [-0.05, 0) is 33.9 Å². The molecule has 1 heteroatoms. The number of hydrogen-bond acceptors (Lipinski definition) is 1. The van der Waals surface area contributed by atoms with Gasteiger partial charge in [0.05, 0.1) is 0 Å². The molecule has 0 aliphatic rings. The van der Waals surface area contributed by atoms with Gasteiger partial charge in [-0.1, -0.05) is 54.4 Å². The van der Waals surface area contributed by atoms with Gasteiger partial charge < -0.3 is 4.90 Å². The molecule has 1 nitrogen and oxygen atoms in total. The van der Waals surface area contributed by atoms with Crippen molar-refractivity contribution in [3.05, 3.63) is 0 Å². The average Bonchev–Trinajstić information content (AvgIpc) is 2.24. The first-order valence-corrected chi connectivity index (χ1v) is 6.74. The minimum Gasteiger partial charge on any atom is -0.304 e. The number of hydrogen-bond donors (Lipinski definition) is 0. The Morgan fingerprint density at radius 3 is 1.20 bits per heavy atom. The zero-order valence-corrected chi connectivity index (χ0v) is 12.8. The Bertz CT molecular complexity index is 91.5. The van der Waals surface area contributed by atoms with Crippen molar-refractivity contribution in [3.8, 4) is 0 Å². The van der Waals surface area contributed by atoms with E-state index in [1.54, 1.807) is 0 Å². The van der Waals surface area contributed by atoms with Gasteiger partial charge in [0.25, 0.3) is 0 Å². The molecule has 0 radical (unpaired) electrons. The van der Waals surface area contributed by atoms with Crippen LogP contribution in [0.2, 0.25) is 0 Å². The predicted octanol–water partition coefficient (Wildman–Crippen LogP) is 4.96. The molecule has 15 heavy (non-hydrogen) atoms. The molecule has 0 aliphatic heterocycles. The summed E-state index contributed by atoms with van der Waals surface area (Å²) in [4.78, 5) is 2.36. The van der Waals surface area contributed by atoms with Crippen LogP contribution in [0.15, 0.2) is 0 Å². The summed E-state index contributed by atoms with van der Waals surface area (Å²) in [5.41, 5.74) is 0.434. The number of nitrogens with zero attached hydrogens (tertiary/aromatic N) is 1. The standard InChI is InChI=1S/C10H23N.2C2H6/c1-6-8-10(3,9-7-2)11(4)5;2*1-2/h6-9H2,1-5H3;2*1-2H3. The van der Waals surface area contributed by atoms with E-state index in [0.29, 0.717) is 5.54 Å². The van der Waals surface area contributed by atoms with Gasteiger partial charge in [-0.25, -0.2) is 0 Å². The minimum absolute atomic E-state index is 0.434. The van der Waals surface area contributed by atoms with Crippen molar-refractivity contribution in [3.63, 3.8) is 0 Å². The normalized spacial score (nSPS) is 10.0. The molecule has 0 saturated heterocycles. The summed E-state index contributed by atoms with van der Waals surface area (Å²) in [6, 6.07) is 0. The highest BCUT2D eigenvalue weighted by molar-refractivity contribution is 4.81. The topological polar surface area (TPSA) is 3.24 Å². The summed E-state index contributed by atoms with van der Waals surface area (Å²) >= 11 is 0. The summed E-state index contributed by atoms with van der Waals surface area (Å²) in [5.74, 6) is 0. The van der Waals surface area contributed by atoms with Gasteiger partial charge in [-0.3, -0.25) is 0 Å². The van der Waals surface area contributed by atoms with E-state index in [0.717, 1.165) is 0 Å². The van der Waals surface area contributed by atoms with E-state index in [9.17, 15) is 0 Å². The summed E-state index contributed by atoms with van der Waals surface area (Å²) in [6.45, 7) is 14.9. The molecular weight excluding hydrogens is 182 g/mol. The molecule has 0 heterocycles. The van der Waals surface area contributed by atoms with Crippen molar-refractivity contribution >= 4 is 0 Å². The third-order valence-corrected chi connectivity index (χ3v) is 2.66. The first-order chi connectivity index (χ1) is 7.06. The molecule has 0 spiro atoms. The fourth-order valence-electron chi connectivity index (χ4n) is 1.65. The van der Waals surface area contributed by atoms with Crippen molar-refractivity contribution in [1.82, 2.24) is 4.90 Å². The zero-order valence-electron chi connectivity index (χ0n) is 12.8. The molecule has 0 bridgehead atoms. The van der Waals surface area contributed by atoms with Crippen LogP contribution in [-0.2, 0) is 0 Å². The molecule has 0 aromatic heterocycles. The van der Waals surface area contributed by atoms with Crippen LogP contribution in [0.1, 0.15) is 74.1 Å². The van der Waals surface area contributed by atoms with Crippen LogP contribution in [-0.4, -0.2) is 24.5 Å². The molecule has 0 N–H and O–H groups in total. The van der Waals surface area contributed by atoms with Crippen molar-refractivity contribution in [2.24, 2.45) is 0 Å². The highest BCUT2D eigenvalue weighted by Crippen LogP contribution is 2.23. The van der Waals surface area contributed by atoms with E-state index in [4.69, 9.17) is 0 Å². The average molecular weight is 217 g/mol. The quantitative estimate of drug-likeness (QED) is 0.629. The third-order valence-electron chi connectivity index (χ3n) is 2.66. The Morgan fingerprint density at radius 1 is 0.800 bits per heavy atom. The SMILES string of the molecule is CC.CC.CCCC(C)(CCC)N(C)C. The van der Waals surface area contributed by atoms with Crippen LogP contribution in [0.3, 0.4) is 0 Å². The third kappa shape index (κ3) is 10.2. The lowest BCUT2D eigenvalue weighted by atomic mass is 9.90. The predicted molar refractivity (Wildman–Crippen MR) is 74.6 cm³/mol.